The first kappa shape index (κ1) is 25.6. The smallest absolute Gasteiger partial charge is 0.341 e. The highest BCUT2D eigenvalue weighted by Gasteiger charge is 2.34. The van der Waals surface area contributed by atoms with E-state index < -0.39 is 0 Å². The summed E-state index contributed by atoms with van der Waals surface area (Å²) in [5, 5.41) is 3.58. The number of methoxy groups -OCH3 is 3. The van der Waals surface area contributed by atoms with Gasteiger partial charge in [0.15, 0.2) is 11.5 Å². The number of ether oxygens (including phenoxy) is 3. The Bertz CT molecular complexity index is 1040. The fraction of sp³-hybridized carbons (Fsp3) is 0.520. The first-order chi connectivity index (χ1) is 15.6. The Morgan fingerprint density at radius 1 is 1.15 bits per heavy atom. The fourth-order valence-electron chi connectivity index (χ4n) is 4.26. The summed E-state index contributed by atoms with van der Waals surface area (Å²) in [6.45, 7) is 6.77. The van der Waals surface area contributed by atoms with E-state index in [-0.39, 0.29) is 23.7 Å². The van der Waals surface area contributed by atoms with Crippen molar-refractivity contribution in [1.29, 1.82) is 0 Å². The van der Waals surface area contributed by atoms with Crippen molar-refractivity contribution in [2.24, 2.45) is 11.3 Å². The molecule has 1 N–H and O–H groups in total. The average Bonchev–Trinajstić information content (AvgIpc) is 3.13. The zero-order chi connectivity index (χ0) is 24.3. The molecule has 180 valence electrons. The lowest BCUT2D eigenvalue weighted by molar-refractivity contribution is -0.116. The normalized spacial score (nSPS) is 15.5. The Labute approximate surface area is 208 Å². The predicted molar refractivity (Wildman–Crippen MR) is 135 cm³/mol. The van der Waals surface area contributed by atoms with Crippen LogP contribution in [0.5, 0.6) is 11.5 Å². The van der Waals surface area contributed by atoms with Crippen LogP contribution in [-0.4, -0.2) is 33.2 Å². The second kappa shape index (κ2) is 10.5. The lowest BCUT2D eigenvalue weighted by atomic mass is 9.72. The third kappa shape index (κ3) is 5.72. The largest absolute Gasteiger partial charge is 0.493 e. The average molecular weight is 539 g/mol. The molecule has 1 aromatic carbocycles. The number of carbonyl (C=O) groups excluding carboxylic acids is 2. The molecule has 1 amide bonds. The van der Waals surface area contributed by atoms with Crippen LogP contribution in [0.1, 0.15) is 60.0 Å². The quantitative estimate of drug-likeness (QED) is 0.436. The molecule has 3 rings (SSSR count). The van der Waals surface area contributed by atoms with E-state index >= 15 is 0 Å². The van der Waals surface area contributed by atoms with Gasteiger partial charge in [-0.05, 0) is 60.3 Å². The number of nitrogens with one attached hydrogen (secondary N) is 1. The number of anilines is 1. The zero-order valence-corrected chi connectivity index (χ0v) is 22.5. The Balaban J connectivity index is 1.77. The lowest BCUT2D eigenvalue weighted by Gasteiger charge is -2.33. The number of hydrogen-bond acceptors (Lipinski definition) is 6. The van der Waals surface area contributed by atoms with Crippen molar-refractivity contribution < 1.29 is 23.8 Å². The van der Waals surface area contributed by atoms with E-state index in [1.807, 2.05) is 12.1 Å². The molecule has 1 unspecified atom stereocenters. The van der Waals surface area contributed by atoms with Crippen LogP contribution in [0, 0.1) is 11.3 Å². The minimum absolute atomic E-state index is 0.146. The van der Waals surface area contributed by atoms with Gasteiger partial charge >= 0.3 is 5.97 Å². The Kier molecular flexibility index (Phi) is 8.11. The molecule has 6 nitrogen and oxygen atoms in total. The van der Waals surface area contributed by atoms with Crippen molar-refractivity contribution in [3.8, 4) is 11.5 Å². The lowest BCUT2D eigenvalue weighted by Crippen LogP contribution is -2.26. The molecule has 0 saturated heterocycles. The molecule has 2 aromatic rings. The number of aryl methyl sites for hydroxylation is 1. The number of benzene rings is 1. The van der Waals surface area contributed by atoms with Gasteiger partial charge in [-0.1, -0.05) is 36.7 Å². The molecule has 0 aliphatic heterocycles. The summed E-state index contributed by atoms with van der Waals surface area (Å²) in [7, 11) is 4.55. The van der Waals surface area contributed by atoms with Gasteiger partial charge < -0.3 is 19.5 Å². The summed E-state index contributed by atoms with van der Waals surface area (Å²) in [5.41, 5.74) is 2.69. The molecule has 1 aliphatic rings. The van der Waals surface area contributed by atoms with E-state index in [1.165, 1.54) is 23.3 Å². The Morgan fingerprint density at radius 2 is 1.82 bits per heavy atom. The Morgan fingerprint density at radius 3 is 2.42 bits per heavy atom. The highest BCUT2D eigenvalue weighted by molar-refractivity contribution is 9.10. The third-order valence-electron chi connectivity index (χ3n) is 6.31. The molecule has 0 bridgehead atoms. The molecule has 1 heterocycles. The summed E-state index contributed by atoms with van der Waals surface area (Å²) in [5.74, 6) is 1.24. The number of halogens is 1. The van der Waals surface area contributed by atoms with Crippen LogP contribution in [0.2, 0.25) is 0 Å². The monoisotopic (exact) mass is 537 g/mol. The molecule has 33 heavy (non-hydrogen) atoms. The van der Waals surface area contributed by atoms with Gasteiger partial charge in [-0.15, -0.1) is 11.3 Å². The highest BCUT2D eigenvalue weighted by Crippen LogP contribution is 2.44. The van der Waals surface area contributed by atoms with Gasteiger partial charge in [0.2, 0.25) is 5.91 Å². The van der Waals surface area contributed by atoms with Crippen molar-refractivity contribution in [3.05, 3.63) is 38.2 Å². The number of carbonyl (C=O) groups is 2. The van der Waals surface area contributed by atoms with Gasteiger partial charge in [0.25, 0.3) is 0 Å². The van der Waals surface area contributed by atoms with E-state index in [1.54, 1.807) is 14.2 Å². The van der Waals surface area contributed by atoms with Gasteiger partial charge in [0.1, 0.15) is 5.00 Å². The van der Waals surface area contributed by atoms with Crippen molar-refractivity contribution >= 4 is 44.1 Å². The molecule has 0 fully saturated rings. The van der Waals surface area contributed by atoms with Crippen molar-refractivity contribution in [1.82, 2.24) is 0 Å². The van der Waals surface area contributed by atoms with Crippen molar-refractivity contribution in [2.45, 2.75) is 52.9 Å². The zero-order valence-electron chi connectivity index (χ0n) is 20.1. The SMILES string of the molecule is COC(=O)c1c(NC(=O)CCc2cc(OC)c(OC)cc2Br)sc2c1CCC(C(C)(C)C)C2. The summed E-state index contributed by atoms with van der Waals surface area (Å²) in [6, 6.07) is 3.70. The van der Waals surface area contributed by atoms with Gasteiger partial charge in [0.05, 0.1) is 26.9 Å². The van der Waals surface area contributed by atoms with E-state index in [0.717, 1.165) is 34.9 Å². The number of hydrogen-bond donors (Lipinski definition) is 1. The summed E-state index contributed by atoms with van der Waals surface area (Å²) in [6.07, 6.45) is 3.55. The Hall–Kier alpha value is -2.06. The molecule has 0 radical (unpaired) electrons. The summed E-state index contributed by atoms with van der Waals surface area (Å²) >= 11 is 5.05. The van der Waals surface area contributed by atoms with Gasteiger partial charge in [-0.25, -0.2) is 4.79 Å². The summed E-state index contributed by atoms with van der Waals surface area (Å²) < 4.78 is 16.6. The first-order valence-corrected chi connectivity index (χ1v) is 12.6. The minimum Gasteiger partial charge on any atom is -0.493 e. The van der Waals surface area contributed by atoms with Gasteiger partial charge in [0, 0.05) is 15.8 Å². The molecular formula is C25H32BrNO5S. The second-order valence-corrected chi connectivity index (χ2v) is 11.3. The van der Waals surface area contributed by atoms with Crippen LogP contribution in [0.25, 0.3) is 0 Å². The molecule has 1 aromatic heterocycles. The predicted octanol–water partition coefficient (Wildman–Crippen LogP) is 6.04. The standard InChI is InChI=1S/C25H32BrNO5S/c1-25(2,3)15-8-9-16-20(12-15)33-23(22(16)24(29)32-6)27-21(28)10-7-14-11-18(30-4)19(31-5)13-17(14)26/h11,13,15H,7-10,12H2,1-6H3,(H,27,28). The van der Waals surface area contributed by atoms with Gasteiger partial charge in [-0.3, -0.25) is 4.79 Å². The fourth-order valence-corrected chi connectivity index (χ4v) is 6.11. The molecule has 8 heteroatoms. The number of esters is 1. The second-order valence-electron chi connectivity index (χ2n) is 9.35. The van der Waals surface area contributed by atoms with E-state index in [2.05, 4.69) is 42.0 Å². The number of thiophene rings is 1. The molecule has 1 atom stereocenters. The van der Waals surface area contributed by atoms with Crippen molar-refractivity contribution in [2.75, 3.05) is 26.6 Å². The number of fused-ring (bicyclic) bond motifs is 1. The molecular weight excluding hydrogens is 506 g/mol. The molecule has 0 saturated carbocycles. The van der Waals surface area contributed by atoms with Crippen LogP contribution in [-0.2, 0) is 28.8 Å². The van der Waals surface area contributed by atoms with E-state index in [9.17, 15) is 9.59 Å². The first-order valence-electron chi connectivity index (χ1n) is 11.0. The number of amides is 1. The molecule has 0 spiro atoms. The minimum atomic E-state index is -0.389. The maximum atomic E-state index is 12.8. The highest BCUT2D eigenvalue weighted by atomic mass is 79.9. The van der Waals surface area contributed by atoms with Gasteiger partial charge in [-0.2, -0.15) is 0 Å². The molecule has 1 aliphatic carbocycles. The topological polar surface area (TPSA) is 73.9 Å². The van der Waals surface area contributed by atoms with Crippen LogP contribution in [0.15, 0.2) is 16.6 Å². The van der Waals surface area contributed by atoms with Crippen LogP contribution < -0.4 is 14.8 Å². The maximum absolute atomic E-state index is 12.8. The van der Waals surface area contributed by atoms with Crippen LogP contribution in [0.3, 0.4) is 0 Å². The van der Waals surface area contributed by atoms with Crippen LogP contribution in [0.4, 0.5) is 5.00 Å². The van der Waals surface area contributed by atoms with E-state index in [4.69, 9.17) is 14.2 Å². The summed E-state index contributed by atoms with van der Waals surface area (Å²) in [4.78, 5) is 26.6. The van der Waals surface area contributed by atoms with Crippen molar-refractivity contribution in [3.63, 3.8) is 0 Å². The maximum Gasteiger partial charge on any atom is 0.341 e. The number of rotatable bonds is 7. The van der Waals surface area contributed by atoms with Crippen LogP contribution >= 0.6 is 27.3 Å². The van der Waals surface area contributed by atoms with E-state index in [0.29, 0.717) is 34.4 Å². The third-order valence-corrected chi connectivity index (χ3v) is 8.21.